The van der Waals surface area contributed by atoms with E-state index in [2.05, 4.69) is 15.5 Å². The first-order valence-corrected chi connectivity index (χ1v) is 4.31. The zero-order valence-corrected chi connectivity index (χ0v) is 7.98. The summed E-state index contributed by atoms with van der Waals surface area (Å²) in [6, 6.07) is 5.84. The van der Waals surface area contributed by atoms with Crippen LogP contribution in [0.5, 0.6) is 0 Å². The quantitative estimate of drug-likeness (QED) is 0.809. The van der Waals surface area contributed by atoms with Crippen molar-refractivity contribution in [2.45, 2.75) is 0 Å². The SMILES string of the molecule is NC(=O)c1nnc(Nc2ccccc2F)o1. The minimum atomic E-state index is -0.839. The summed E-state index contributed by atoms with van der Waals surface area (Å²) < 4.78 is 18.0. The molecule has 2 rings (SSSR count). The second-order valence-electron chi connectivity index (χ2n) is 2.88. The van der Waals surface area contributed by atoms with E-state index in [0.29, 0.717) is 0 Å². The van der Waals surface area contributed by atoms with E-state index in [4.69, 9.17) is 10.2 Å². The summed E-state index contributed by atoms with van der Waals surface area (Å²) in [6.07, 6.45) is 0. The molecule has 0 aliphatic heterocycles. The predicted molar refractivity (Wildman–Crippen MR) is 52.5 cm³/mol. The third kappa shape index (κ3) is 1.97. The van der Waals surface area contributed by atoms with Crippen LogP contribution in [0.4, 0.5) is 16.1 Å². The van der Waals surface area contributed by atoms with Crippen molar-refractivity contribution >= 4 is 17.6 Å². The number of hydrogen-bond donors (Lipinski definition) is 2. The molecule has 82 valence electrons. The highest BCUT2D eigenvalue weighted by Crippen LogP contribution is 2.17. The van der Waals surface area contributed by atoms with E-state index in [9.17, 15) is 9.18 Å². The normalized spacial score (nSPS) is 10.1. The number of nitrogens with zero attached hydrogens (tertiary/aromatic N) is 2. The van der Waals surface area contributed by atoms with Crippen LogP contribution in [0.3, 0.4) is 0 Å². The fourth-order valence-electron chi connectivity index (χ4n) is 1.05. The molecule has 0 unspecified atom stereocenters. The maximum Gasteiger partial charge on any atom is 0.320 e. The van der Waals surface area contributed by atoms with Crippen LogP contribution >= 0.6 is 0 Å². The number of aromatic nitrogens is 2. The number of benzene rings is 1. The van der Waals surface area contributed by atoms with Gasteiger partial charge in [0.2, 0.25) is 0 Å². The van der Waals surface area contributed by atoms with Crippen molar-refractivity contribution in [1.29, 1.82) is 0 Å². The van der Waals surface area contributed by atoms with E-state index in [0.717, 1.165) is 0 Å². The first kappa shape index (κ1) is 10.1. The molecule has 2 aromatic rings. The van der Waals surface area contributed by atoms with Crippen molar-refractivity contribution in [3.63, 3.8) is 0 Å². The van der Waals surface area contributed by atoms with Gasteiger partial charge in [0, 0.05) is 0 Å². The summed E-state index contributed by atoms with van der Waals surface area (Å²) in [4.78, 5) is 10.7. The molecule has 1 amide bonds. The Morgan fingerprint density at radius 2 is 2.12 bits per heavy atom. The molecule has 0 fully saturated rings. The number of anilines is 2. The smallest absolute Gasteiger partial charge is 0.320 e. The van der Waals surface area contributed by atoms with Crippen LogP contribution < -0.4 is 11.1 Å². The van der Waals surface area contributed by atoms with Crippen LogP contribution in [-0.4, -0.2) is 16.1 Å². The molecule has 0 aliphatic rings. The number of amides is 1. The number of carbonyl (C=O) groups excluding carboxylic acids is 1. The standard InChI is InChI=1S/C9H7FN4O2/c10-5-3-1-2-4-6(5)12-9-14-13-8(16-9)7(11)15/h1-4H,(H2,11,15)(H,12,14). The molecule has 0 saturated heterocycles. The summed E-state index contributed by atoms with van der Waals surface area (Å²) in [5.41, 5.74) is 5.08. The average Bonchev–Trinajstić information content (AvgIpc) is 2.70. The number of nitrogens with one attached hydrogen (secondary N) is 1. The zero-order valence-electron chi connectivity index (χ0n) is 7.98. The lowest BCUT2D eigenvalue weighted by Gasteiger charge is -2.00. The van der Waals surface area contributed by atoms with Crippen molar-refractivity contribution in [3.05, 3.63) is 36.0 Å². The van der Waals surface area contributed by atoms with E-state index in [1.807, 2.05) is 0 Å². The van der Waals surface area contributed by atoms with Gasteiger partial charge in [-0.1, -0.05) is 17.2 Å². The Labute approximate surface area is 89.3 Å². The molecule has 1 aromatic heterocycles. The first-order valence-electron chi connectivity index (χ1n) is 4.31. The van der Waals surface area contributed by atoms with Crippen LogP contribution in [0.2, 0.25) is 0 Å². The van der Waals surface area contributed by atoms with Crippen molar-refractivity contribution in [1.82, 2.24) is 10.2 Å². The van der Waals surface area contributed by atoms with Gasteiger partial charge in [0.25, 0.3) is 0 Å². The molecular weight excluding hydrogens is 215 g/mol. The van der Waals surface area contributed by atoms with Gasteiger partial charge in [-0.15, -0.1) is 5.10 Å². The monoisotopic (exact) mass is 222 g/mol. The van der Waals surface area contributed by atoms with Crippen LogP contribution in [0.25, 0.3) is 0 Å². The zero-order chi connectivity index (χ0) is 11.5. The molecule has 6 nitrogen and oxygen atoms in total. The number of halogens is 1. The Balaban J connectivity index is 2.21. The van der Waals surface area contributed by atoms with Crippen LogP contribution in [-0.2, 0) is 0 Å². The van der Waals surface area contributed by atoms with Crippen molar-refractivity contribution < 1.29 is 13.6 Å². The summed E-state index contributed by atoms with van der Waals surface area (Å²) in [6.45, 7) is 0. The Bertz CT molecular complexity index is 526. The molecule has 7 heteroatoms. The molecule has 1 aromatic carbocycles. The van der Waals surface area contributed by atoms with Crippen molar-refractivity contribution in [3.8, 4) is 0 Å². The molecular formula is C9H7FN4O2. The average molecular weight is 222 g/mol. The maximum absolute atomic E-state index is 13.2. The minimum absolute atomic E-state index is 0.0982. The summed E-state index contributed by atoms with van der Waals surface area (Å²) in [5.74, 6) is -1.64. The number of carbonyl (C=O) groups is 1. The largest absolute Gasteiger partial charge is 0.399 e. The number of rotatable bonds is 3. The van der Waals surface area contributed by atoms with Gasteiger partial charge in [-0.2, -0.15) is 0 Å². The van der Waals surface area contributed by atoms with E-state index in [-0.39, 0.29) is 17.6 Å². The molecule has 1 heterocycles. The topological polar surface area (TPSA) is 94.0 Å². The van der Waals surface area contributed by atoms with Gasteiger partial charge in [0.05, 0.1) is 5.69 Å². The highest BCUT2D eigenvalue weighted by atomic mass is 19.1. The Morgan fingerprint density at radius 1 is 1.38 bits per heavy atom. The van der Waals surface area contributed by atoms with E-state index >= 15 is 0 Å². The van der Waals surface area contributed by atoms with Gasteiger partial charge in [-0.05, 0) is 12.1 Å². The number of para-hydroxylation sites is 1. The van der Waals surface area contributed by atoms with Gasteiger partial charge >= 0.3 is 17.8 Å². The van der Waals surface area contributed by atoms with Gasteiger partial charge in [0.15, 0.2) is 0 Å². The lowest BCUT2D eigenvalue weighted by Crippen LogP contribution is -2.10. The highest BCUT2D eigenvalue weighted by molar-refractivity contribution is 5.87. The highest BCUT2D eigenvalue weighted by Gasteiger charge is 2.11. The molecule has 0 bridgehead atoms. The van der Waals surface area contributed by atoms with Crippen LogP contribution in [0.1, 0.15) is 10.7 Å². The molecule has 3 N–H and O–H groups in total. The van der Waals surface area contributed by atoms with Crippen molar-refractivity contribution in [2.75, 3.05) is 5.32 Å². The summed E-state index contributed by atoms with van der Waals surface area (Å²) >= 11 is 0. The predicted octanol–water partition coefficient (Wildman–Crippen LogP) is 1.05. The lowest BCUT2D eigenvalue weighted by molar-refractivity contribution is 0.0968. The molecule has 0 saturated carbocycles. The van der Waals surface area contributed by atoms with E-state index in [1.54, 1.807) is 12.1 Å². The third-order valence-corrected chi connectivity index (χ3v) is 1.75. The number of nitrogens with two attached hydrogens (primary N) is 1. The summed E-state index contributed by atoms with van der Waals surface area (Å²) in [5, 5.41) is 9.37. The Hall–Kier alpha value is -2.44. The van der Waals surface area contributed by atoms with Gasteiger partial charge in [-0.3, -0.25) is 4.79 Å². The number of hydrogen-bond acceptors (Lipinski definition) is 5. The van der Waals surface area contributed by atoms with E-state index in [1.165, 1.54) is 12.1 Å². The molecule has 0 aliphatic carbocycles. The van der Waals surface area contributed by atoms with Crippen LogP contribution in [0, 0.1) is 5.82 Å². The molecule has 0 atom stereocenters. The summed E-state index contributed by atoms with van der Waals surface area (Å²) in [7, 11) is 0. The van der Waals surface area contributed by atoms with Gasteiger partial charge in [-0.25, -0.2) is 4.39 Å². The Morgan fingerprint density at radius 3 is 2.75 bits per heavy atom. The second-order valence-corrected chi connectivity index (χ2v) is 2.88. The van der Waals surface area contributed by atoms with E-state index < -0.39 is 11.7 Å². The lowest BCUT2D eigenvalue weighted by atomic mass is 10.3. The van der Waals surface area contributed by atoms with Crippen molar-refractivity contribution in [2.24, 2.45) is 5.73 Å². The van der Waals surface area contributed by atoms with Crippen LogP contribution in [0.15, 0.2) is 28.7 Å². The third-order valence-electron chi connectivity index (χ3n) is 1.75. The maximum atomic E-state index is 13.2. The van der Waals surface area contributed by atoms with Gasteiger partial charge < -0.3 is 15.5 Å². The number of primary amides is 1. The fourth-order valence-corrected chi connectivity index (χ4v) is 1.05. The first-order chi connectivity index (χ1) is 7.66. The minimum Gasteiger partial charge on any atom is -0.399 e. The fraction of sp³-hybridized carbons (Fsp3) is 0. The second kappa shape index (κ2) is 3.97. The molecule has 0 spiro atoms. The molecule has 16 heavy (non-hydrogen) atoms. The van der Waals surface area contributed by atoms with Gasteiger partial charge in [0.1, 0.15) is 5.82 Å². The molecule has 0 radical (unpaired) electrons. The Kier molecular flexibility index (Phi) is 2.50.